The molecule has 2 aromatic carbocycles. The zero-order chi connectivity index (χ0) is 20.5. The molecule has 0 radical (unpaired) electrons. The molecule has 1 saturated heterocycles. The van der Waals surface area contributed by atoms with Crippen molar-refractivity contribution in [2.24, 2.45) is 10.9 Å². The van der Waals surface area contributed by atoms with Crippen LogP contribution in [0.15, 0.2) is 53.5 Å². The third-order valence-electron chi connectivity index (χ3n) is 5.18. The lowest BCUT2D eigenvalue weighted by atomic mass is 10.1. The fraction of sp³-hybridized carbons (Fsp3) is 0.435. The van der Waals surface area contributed by atoms with Crippen molar-refractivity contribution in [2.45, 2.75) is 19.8 Å². The van der Waals surface area contributed by atoms with Crippen molar-refractivity contribution in [3.05, 3.63) is 59.9 Å². The summed E-state index contributed by atoms with van der Waals surface area (Å²) < 4.78 is 18.3. The Kier molecular flexibility index (Phi) is 10.2. The molecule has 164 valence electrons. The second-order valence-corrected chi connectivity index (χ2v) is 7.33. The molecule has 2 N–H and O–H groups in total. The SMILES string of the molecule is CCNC(=NCC1CCN(c2cccc(OC)c2)C1)NCCc1ccc(F)cc1.I. The summed E-state index contributed by atoms with van der Waals surface area (Å²) in [6, 6.07) is 14.9. The van der Waals surface area contributed by atoms with Crippen LogP contribution in [0.3, 0.4) is 0 Å². The molecule has 0 amide bonds. The third-order valence-corrected chi connectivity index (χ3v) is 5.18. The van der Waals surface area contributed by atoms with E-state index in [1.54, 1.807) is 7.11 Å². The number of aliphatic imine (C=N–C) groups is 1. The van der Waals surface area contributed by atoms with Crippen LogP contribution < -0.4 is 20.3 Å². The number of guanidine groups is 1. The number of nitrogens with one attached hydrogen (secondary N) is 2. The van der Waals surface area contributed by atoms with Gasteiger partial charge in [-0.05, 0) is 55.5 Å². The molecule has 3 rings (SSSR count). The molecule has 0 aromatic heterocycles. The highest BCUT2D eigenvalue weighted by Crippen LogP contribution is 2.26. The topological polar surface area (TPSA) is 48.9 Å². The van der Waals surface area contributed by atoms with E-state index in [0.29, 0.717) is 5.92 Å². The Labute approximate surface area is 196 Å². The Hall–Kier alpha value is -2.03. The minimum Gasteiger partial charge on any atom is -0.497 e. The molecule has 7 heteroatoms. The number of hydrogen-bond acceptors (Lipinski definition) is 3. The maximum atomic E-state index is 13.0. The van der Waals surface area contributed by atoms with E-state index < -0.39 is 0 Å². The Morgan fingerprint density at radius 1 is 1.20 bits per heavy atom. The van der Waals surface area contributed by atoms with Gasteiger partial charge in [0.25, 0.3) is 0 Å². The van der Waals surface area contributed by atoms with Gasteiger partial charge in [-0.25, -0.2) is 4.39 Å². The number of halogens is 2. The van der Waals surface area contributed by atoms with Crippen LogP contribution in [0.1, 0.15) is 18.9 Å². The lowest BCUT2D eigenvalue weighted by molar-refractivity contribution is 0.415. The summed E-state index contributed by atoms with van der Waals surface area (Å²) in [5.41, 5.74) is 2.32. The van der Waals surface area contributed by atoms with Crippen LogP contribution in [0.25, 0.3) is 0 Å². The summed E-state index contributed by atoms with van der Waals surface area (Å²) in [6.45, 7) is 6.50. The summed E-state index contributed by atoms with van der Waals surface area (Å²) >= 11 is 0. The van der Waals surface area contributed by atoms with Gasteiger partial charge in [0.15, 0.2) is 5.96 Å². The molecule has 0 saturated carbocycles. The fourth-order valence-electron chi connectivity index (χ4n) is 3.56. The minimum absolute atomic E-state index is 0. The molecule has 2 aromatic rings. The fourth-order valence-corrected chi connectivity index (χ4v) is 3.56. The third kappa shape index (κ3) is 7.34. The van der Waals surface area contributed by atoms with Crippen LogP contribution in [0.2, 0.25) is 0 Å². The monoisotopic (exact) mass is 526 g/mol. The van der Waals surface area contributed by atoms with Crippen LogP contribution in [-0.2, 0) is 6.42 Å². The van der Waals surface area contributed by atoms with Gasteiger partial charge in [-0.3, -0.25) is 4.99 Å². The Morgan fingerprint density at radius 2 is 2.00 bits per heavy atom. The number of hydrogen-bond donors (Lipinski definition) is 2. The smallest absolute Gasteiger partial charge is 0.191 e. The van der Waals surface area contributed by atoms with E-state index in [0.717, 1.165) is 62.8 Å². The van der Waals surface area contributed by atoms with E-state index in [1.165, 1.54) is 17.8 Å². The Morgan fingerprint density at radius 3 is 2.73 bits per heavy atom. The molecule has 0 bridgehead atoms. The summed E-state index contributed by atoms with van der Waals surface area (Å²) in [6.07, 6.45) is 1.97. The standard InChI is InChI=1S/C23H31FN4O.HI/c1-3-25-23(26-13-11-18-7-9-20(24)10-8-18)27-16-19-12-14-28(17-19)21-5-4-6-22(15-21)29-2;/h4-10,15,19H,3,11-14,16-17H2,1-2H3,(H2,25,26,27);1H. The van der Waals surface area contributed by atoms with Gasteiger partial charge in [0.1, 0.15) is 11.6 Å². The number of benzene rings is 2. The molecule has 0 aliphatic carbocycles. The van der Waals surface area contributed by atoms with Crippen molar-refractivity contribution in [1.29, 1.82) is 0 Å². The quantitative estimate of drug-likeness (QED) is 0.310. The number of nitrogens with zero attached hydrogens (tertiary/aromatic N) is 2. The Balaban J connectivity index is 0.00000320. The van der Waals surface area contributed by atoms with Gasteiger partial charge in [0, 0.05) is 44.5 Å². The molecular weight excluding hydrogens is 494 g/mol. The maximum absolute atomic E-state index is 13.0. The molecular formula is C23H32FIN4O. The van der Waals surface area contributed by atoms with Crippen molar-refractivity contribution in [3.63, 3.8) is 0 Å². The highest BCUT2D eigenvalue weighted by Gasteiger charge is 2.22. The lowest BCUT2D eigenvalue weighted by Gasteiger charge is -2.19. The zero-order valence-corrected chi connectivity index (χ0v) is 20.1. The summed E-state index contributed by atoms with van der Waals surface area (Å²) in [4.78, 5) is 7.19. The van der Waals surface area contributed by atoms with Crippen molar-refractivity contribution in [2.75, 3.05) is 44.7 Å². The van der Waals surface area contributed by atoms with Gasteiger partial charge in [-0.15, -0.1) is 24.0 Å². The van der Waals surface area contributed by atoms with E-state index in [1.807, 2.05) is 24.3 Å². The van der Waals surface area contributed by atoms with Gasteiger partial charge in [0.2, 0.25) is 0 Å². The van der Waals surface area contributed by atoms with E-state index in [-0.39, 0.29) is 29.8 Å². The van der Waals surface area contributed by atoms with Gasteiger partial charge >= 0.3 is 0 Å². The van der Waals surface area contributed by atoms with E-state index in [2.05, 4.69) is 34.6 Å². The number of methoxy groups -OCH3 is 1. The maximum Gasteiger partial charge on any atom is 0.191 e. The van der Waals surface area contributed by atoms with Crippen LogP contribution in [-0.4, -0.2) is 45.8 Å². The van der Waals surface area contributed by atoms with Crippen LogP contribution in [0.4, 0.5) is 10.1 Å². The van der Waals surface area contributed by atoms with Crippen LogP contribution >= 0.6 is 24.0 Å². The first-order chi connectivity index (χ1) is 14.2. The zero-order valence-electron chi connectivity index (χ0n) is 17.7. The second-order valence-electron chi connectivity index (χ2n) is 7.33. The van der Waals surface area contributed by atoms with Gasteiger partial charge in [-0.2, -0.15) is 0 Å². The summed E-state index contributed by atoms with van der Waals surface area (Å²) in [5.74, 6) is 2.07. The molecule has 1 unspecified atom stereocenters. The Bertz CT molecular complexity index is 800. The number of rotatable bonds is 8. The molecule has 1 aliphatic heterocycles. The minimum atomic E-state index is -0.198. The van der Waals surface area contributed by atoms with Gasteiger partial charge < -0.3 is 20.3 Å². The second kappa shape index (κ2) is 12.6. The van der Waals surface area contributed by atoms with E-state index >= 15 is 0 Å². The van der Waals surface area contributed by atoms with Crippen LogP contribution in [0, 0.1) is 11.7 Å². The number of ether oxygens (including phenoxy) is 1. The van der Waals surface area contributed by atoms with Crippen LogP contribution in [0.5, 0.6) is 5.75 Å². The molecule has 5 nitrogen and oxygen atoms in total. The molecule has 1 fully saturated rings. The van der Waals surface area contributed by atoms with Gasteiger partial charge in [-0.1, -0.05) is 18.2 Å². The van der Waals surface area contributed by atoms with Crippen molar-refractivity contribution in [1.82, 2.24) is 10.6 Å². The number of anilines is 1. The molecule has 30 heavy (non-hydrogen) atoms. The molecule has 1 atom stereocenters. The first kappa shape index (κ1) is 24.2. The lowest BCUT2D eigenvalue weighted by Crippen LogP contribution is -2.38. The first-order valence-electron chi connectivity index (χ1n) is 10.3. The highest BCUT2D eigenvalue weighted by molar-refractivity contribution is 14.0. The van der Waals surface area contributed by atoms with Gasteiger partial charge in [0.05, 0.1) is 7.11 Å². The highest BCUT2D eigenvalue weighted by atomic mass is 127. The van der Waals surface area contributed by atoms with E-state index in [9.17, 15) is 4.39 Å². The average molecular weight is 526 g/mol. The first-order valence-corrected chi connectivity index (χ1v) is 10.3. The summed E-state index contributed by atoms with van der Waals surface area (Å²) in [5, 5.41) is 6.69. The molecule has 1 aliphatic rings. The largest absolute Gasteiger partial charge is 0.497 e. The van der Waals surface area contributed by atoms with Crippen molar-refractivity contribution >= 4 is 35.6 Å². The average Bonchev–Trinajstić information content (AvgIpc) is 3.22. The predicted octanol–water partition coefficient (Wildman–Crippen LogP) is 4.08. The summed E-state index contributed by atoms with van der Waals surface area (Å²) in [7, 11) is 1.70. The van der Waals surface area contributed by atoms with Crippen molar-refractivity contribution in [3.8, 4) is 5.75 Å². The molecule has 0 spiro atoms. The predicted molar refractivity (Wildman–Crippen MR) is 133 cm³/mol. The normalized spacial score (nSPS) is 16.2. The van der Waals surface area contributed by atoms with Crippen molar-refractivity contribution < 1.29 is 9.13 Å². The van der Waals surface area contributed by atoms with E-state index in [4.69, 9.17) is 9.73 Å². The molecule has 1 heterocycles.